The first-order valence-electron chi connectivity index (χ1n) is 17.4. The maximum absolute atomic E-state index is 13.2. The van der Waals surface area contributed by atoms with Crippen molar-refractivity contribution >= 4 is 13.8 Å². The minimum absolute atomic E-state index is 0.210. The van der Waals surface area contributed by atoms with Crippen molar-refractivity contribution in [2.45, 2.75) is 157 Å². The Hall–Kier alpha value is -1.83. The van der Waals surface area contributed by atoms with Crippen molar-refractivity contribution in [3.63, 3.8) is 0 Å². The molecule has 0 radical (unpaired) electrons. The minimum atomic E-state index is -10.7. The molecule has 1 heterocycles. The van der Waals surface area contributed by atoms with Crippen LogP contribution < -0.4 is 4.57 Å². The van der Waals surface area contributed by atoms with Crippen molar-refractivity contribution in [2.24, 2.45) is 5.92 Å². The van der Waals surface area contributed by atoms with Crippen LogP contribution in [-0.2, 0) is 20.8 Å². The van der Waals surface area contributed by atoms with Gasteiger partial charge in [-0.25, -0.2) is 0 Å². The van der Waals surface area contributed by atoms with Gasteiger partial charge in [0.2, 0.25) is 0 Å². The summed E-state index contributed by atoms with van der Waals surface area (Å²) >= 11 is 0. The fourth-order valence-electron chi connectivity index (χ4n) is 5.32. The predicted molar refractivity (Wildman–Crippen MR) is 178 cm³/mol. The van der Waals surface area contributed by atoms with Gasteiger partial charge in [-0.3, -0.25) is 4.79 Å². The third kappa shape index (κ3) is 28.4. The van der Waals surface area contributed by atoms with Crippen LogP contribution in [0, 0.1) is 26.7 Å². The number of ether oxygens (including phenoxy) is 2. The third-order valence-corrected chi connectivity index (χ3v) is 7.79. The second-order valence-corrected chi connectivity index (χ2v) is 14.5. The van der Waals surface area contributed by atoms with Crippen LogP contribution in [0.25, 0.3) is 0 Å². The first kappa shape index (κ1) is 44.2. The molecule has 272 valence electrons. The fraction of sp³-hybridized carbons (Fsp3) is 0.771. The number of hydrogen-bond donors (Lipinski definition) is 0. The van der Waals surface area contributed by atoms with Crippen LogP contribution in [0.5, 0.6) is 0 Å². The van der Waals surface area contributed by atoms with Gasteiger partial charge in [-0.2, -0.15) is 4.57 Å². The van der Waals surface area contributed by atoms with Crippen LogP contribution in [0.4, 0.5) is 25.2 Å². The molecule has 1 aromatic rings. The van der Waals surface area contributed by atoms with E-state index < -0.39 is 13.7 Å². The van der Waals surface area contributed by atoms with Crippen LogP contribution >= 0.6 is 7.81 Å². The standard InChI is InChI=1S/C35H62NO3.F6P/c1-7-9-11-13-15-17-19-21-23-25-38-33(6)34(29-36-31(4)27-30(3)28-32(36)5)35(37)39-26-24-22-20-18-16-14-12-10-8-2;1-7(2,3,4,5)6/h27-28,34H,6-26,29H2,1-5H3;/q+1;-1. The van der Waals surface area contributed by atoms with Crippen molar-refractivity contribution in [1.82, 2.24) is 0 Å². The first-order valence-corrected chi connectivity index (χ1v) is 19.4. The Morgan fingerprint density at radius 2 is 0.978 bits per heavy atom. The molecule has 0 aliphatic heterocycles. The second kappa shape index (κ2) is 21.9. The average molecular weight is 690 g/mol. The van der Waals surface area contributed by atoms with Gasteiger partial charge >= 0.3 is 39.0 Å². The summed E-state index contributed by atoms with van der Waals surface area (Å²) in [6.07, 6.45) is 22.7. The topological polar surface area (TPSA) is 39.4 Å². The Morgan fingerprint density at radius 1 is 0.652 bits per heavy atom. The zero-order chi connectivity index (χ0) is 35.1. The zero-order valence-corrected chi connectivity index (χ0v) is 30.1. The second-order valence-electron chi connectivity index (χ2n) is 12.6. The fourth-order valence-corrected chi connectivity index (χ4v) is 5.32. The van der Waals surface area contributed by atoms with Crippen LogP contribution in [0.15, 0.2) is 24.5 Å². The quantitative estimate of drug-likeness (QED) is 0.0256. The van der Waals surface area contributed by atoms with Crippen molar-refractivity contribution in [1.29, 1.82) is 0 Å². The van der Waals surface area contributed by atoms with E-state index in [1.54, 1.807) is 0 Å². The van der Waals surface area contributed by atoms with Crippen LogP contribution in [0.1, 0.15) is 146 Å². The number of hydrogen-bond acceptors (Lipinski definition) is 3. The summed E-state index contributed by atoms with van der Waals surface area (Å²) < 4.78 is 73.2. The molecular weight excluding hydrogens is 627 g/mol. The number of aryl methyl sites for hydroxylation is 3. The number of aromatic nitrogens is 1. The Bertz CT molecular complexity index is 932. The Kier molecular flexibility index (Phi) is 21.1. The average Bonchev–Trinajstić information content (AvgIpc) is 2.92. The zero-order valence-electron chi connectivity index (χ0n) is 29.2. The van der Waals surface area contributed by atoms with E-state index in [-0.39, 0.29) is 5.97 Å². The van der Waals surface area contributed by atoms with Crippen molar-refractivity contribution in [3.8, 4) is 0 Å². The normalized spacial score (nSPS) is 13.6. The van der Waals surface area contributed by atoms with E-state index >= 15 is 0 Å². The van der Waals surface area contributed by atoms with Gasteiger partial charge in [-0.05, 0) is 25.3 Å². The summed E-state index contributed by atoms with van der Waals surface area (Å²) in [5, 5.41) is 0. The Morgan fingerprint density at radius 3 is 1.35 bits per heavy atom. The Labute approximate surface area is 274 Å². The summed E-state index contributed by atoms with van der Waals surface area (Å²) in [4.78, 5) is 13.2. The molecule has 0 bridgehead atoms. The Balaban J connectivity index is 0.00000258. The number of rotatable bonds is 25. The van der Waals surface area contributed by atoms with E-state index in [2.05, 4.69) is 57.9 Å². The summed E-state index contributed by atoms with van der Waals surface area (Å²) in [6, 6.07) is 4.31. The molecule has 0 aliphatic carbocycles. The number of unbranched alkanes of at least 4 members (excludes halogenated alkanes) is 16. The molecule has 0 saturated carbocycles. The molecule has 1 aromatic heterocycles. The number of nitrogens with zero attached hydrogens (tertiary/aromatic N) is 1. The van der Waals surface area contributed by atoms with E-state index in [1.807, 2.05) is 0 Å². The van der Waals surface area contributed by atoms with Gasteiger partial charge in [-0.1, -0.05) is 123 Å². The van der Waals surface area contributed by atoms with Crippen molar-refractivity contribution in [3.05, 3.63) is 41.4 Å². The molecule has 0 N–H and O–H groups in total. The number of carbonyl (C=O) groups is 1. The molecule has 1 rings (SSSR count). The number of pyridine rings is 1. The number of halogens is 6. The molecular formula is C35H62F6NO3P. The SMILES string of the molecule is C=C(OCCCCCCCCCCC)C(C[n+]1c(C)cc(C)cc1C)C(=O)OCCCCCCCCCCC.F[P-](F)(F)(F)(F)F. The van der Waals surface area contributed by atoms with Gasteiger partial charge in [0.15, 0.2) is 23.9 Å². The van der Waals surface area contributed by atoms with E-state index in [4.69, 9.17) is 9.47 Å². The monoisotopic (exact) mass is 689 g/mol. The molecule has 0 aliphatic rings. The van der Waals surface area contributed by atoms with Gasteiger partial charge in [-0.15, -0.1) is 0 Å². The number of carbonyl (C=O) groups excluding carboxylic acids is 1. The molecule has 1 unspecified atom stereocenters. The third-order valence-electron chi connectivity index (χ3n) is 7.79. The summed E-state index contributed by atoms with van der Waals surface area (Å²) in [7, 11) is -10.7. The molecule has 4 nitrogen and oxygen atoms in total. The molecule has 0 amide bonds. The van der Waals surface area contributed by atoms with E-state index in [0.717, 1.165) is 30.7 Å². The van der Waals surface area contributed by atoms with Gasteiger partial charge < -0.3 is 9.47 Å². The molecule has 0 aromatic carbocycles. The predicted octanol–water partition coefficient (Wildman–Crippen LogP) is 13.0. The molecule has 0 saturated heterocycles. The van der Waals surface area contributed by atoms with Gasteiger partial charge in [0.1, 0.15) is 5.76 Å². The van der Waals surface area contributed by atoms with Crippen LogP contribution in [0.3, 0.4) is 0 Å². The molecule has 0 fully saturated rings. The van der Waals surface area contributed by atoms with Crippen molar-refractivity contribution < 1.29 is 44.0 Å². The molecule has 11 heteroatoms. The van der Waals surface area contributed by atoms with Crippen molar-refractivity contribution in [2.75, 3.05) is 13.2 Å². The van der Waals surface area contributed by atoms with Gasteiger partial charge in [0, 0.05) is 26.0 Å². The molecule has 46 heavy (non-hydrogen) atoms. The summed E-state index contributed by atoms with van der Waals surface area (Å²) in [6.45, 7) is 16.6. The van der Waals surface area contributed by atoms with E-state index in [9.17, 15) is 30.0 Å². The van der Waals surface area contributed by atoms with Gasteiger partial charge in [0.25, 0.3) is 0 Å². The van der Waals surface area contributed by atoms with E-state index in [1.165, 1.54) is 102 Å². The maximum atomic E-state index is 13.2. The van der Waals surface area contributed by atoms with Crippen LogP contribution in [0.2, 0.25) is 0 Å². The molecule has 0 spiro atoms. The summed E-state index contributed by atoms with van der Waals surface area (Å²) in [5.41, 5.74) is 3.50. The first-order chi connectivity index (χ1) is 21.3. The summed E-state index contributed by atoms with van der Waals surface area (Å²) in [5.74, 6) is -0.163. The molecule has 1 atom stereocenters. The van der Waals surface area contributed by atoms with Gasteiger partial charge in [0.05, 0.1) is 13.2 Å². The van der Waals surface area contributed by atoms with E-state index in [0.29, 0.717) is 25.5 Å². The number of esters is 1. The van der Waals surface area contributed by atoms with Crippen LogP contribution in [-0.4, -0.2) is 19.2 Å².